The summed E-state index contributed by atoms with van der Waals surface area (Å²) in [6.07, 6.45) is 1.47. The lowest BCUT2D eigenvalue weighted by atomic mass is 10.1. The number of fused-ring (bicyclic) bond motifs is 1. The molecular formula is C21H23ClFN3O4. The van der Waals surface area contributed by atoms with Gasteiger partial charge in [0, 0.05) is 30.4 Å². The van der Waals surface area contributed by atoms with Gasteiger partial charge in [-0.05, 0) is 32.5 Å². The largest absolute Gasteiger partial charge is 0.503 e. The molecule has 0 saturated carbocycles. The lowest BCUT2D eigenvalue weighted by molar-refractivity contribution is 0.0945. The molecule has 1 aromatic carbocycles. The molecule has 9 heteroatoms. The van der Waals surface area contributed by atoms with Gasteiger partial charge in [-0.1, -0.05) is 30.7 Å². The SMILES string of the molecule is CCN(C)CC1CCc2c(C(=O)NCc3cccc(Cl)c3F)c(=O)c(O)c(C=O)n21. The predicted octanol–water partition coefficient (Wildman–Crippen LogP) is 2.53. The Morgan fingerprint density at radius 2 is 2.20 bits per heavy atom. The van der Waals surface area contributed by atoms with Crippen LogP contribution in [-0.4, -0.2) is 46.9 Å². The Kier molecular flexibility index (Phi) is 6.58. The fourth-order valence-electron chi connectivity index (χ4n) is 3.80. The molecule has 1 aliphatic rings. The van der Waals surface area contributed by atoms with E-state index in [2.05, 4.69) is 5.32 Å². The summed E-state index contributed by atoms with van der Waals surface area (Å²) in [6.45, 7) is 3.20. The summed E-state index contributed by atoms with van der Waals surface area (Å²) >= 11 is 5.76. The highest BCUT2D eigenvalue weighted by Gasteiger charge is 2.33. The first kappa shape index (κ1) is 22.0. The molecule has 2 N–H and O–H groups in total. The van der Waals surface area contributed by atoms with Gasteiger partial charge in [-0.2, -0.15) is 0 Å². The zero-order valence-corrected chi connectivity index (χ0v) is 17.5. The molecule has 0 fully saturated rings. The van der Waals surface area contributed by atoms with Gasteiger partial charge in [0.15, 0.2) is 12.0 Å². The van der Waals surface area contributed by atoms with E-state index in [4.69, 9.17) is 11.6 Å². The second-order valence-corrected chi connectivity index (χ2v) is 7.72. The van der Waals surface area contributed by atoms with E-state index in [1.807, 2.05) is 18.9 Å². The molecule has 160 valence electrons. The maximum Gasteiger partial charge on any atom is 0.257 e. The second-order valence-electron chi connectivity index (χ2n) is 7.32. The number of carbonyl (C=O) groups excluding carboxylic acids is 2. The van der Waals surface area contributed by atoms with E-state index in [1.165, 1.54) is 12.1 Å². The minimum atomic E-state index is -0.906. The Morgan fingerprint density at radius 1 is 1.47 bits per heavy atom. The molecule has 2 aromatic rings. The van der Waals surface area contributed by atoms with Crippen LogP contribution in [0.3, 0.4) is 0 Å². The lowest BCUT2D eigenvalue weighted by Gasteiger charge is -2.24. The monoisotopic (exact) mass is 435 g/mol. The molecule has 0 radical (unpaired) electrons. The van der Waals surface area contributed by atoms with Gasteiger partial charge < -0.3 is 19.9 Å². The van der Waals surface area contributed by atoms with Crippen LogP contribution in [0.25, 0.3) is 0 Å². The standard InChI is InChI=1S/C21H23ClFN3O4/c1-3-25(2)10-13-7-8-15-17(20(29)19(28)16(11-27)26(13)15)21(30)24-9-12-5-4-6-14(22)18(12)23/h4-6,11,13,28H,3,7-10H2,1-2H3,(H,24,30). The van der Waals surface area contributed by atoms with Gasteiger partial charge in [0.25, 0.3) is 5.91 Å². The third-order valence-electron chi connectivity index (χ3n) is 5.48. The molecule has 0 aliphatic carbocycles. The van der Waals surface area contributed by atoms with Crippen molar-refractivity contribution in [2.24, 2.45) is 0 Å². The van der Waals surface area contributed by atoms with Crippen LogP contribution in [0.1, 0.15) is 51.5 Å². The smallest absolute Gasteiger partial charge is 0.257 e. The molecule has 2 heterocycles. The number of aromatic nitrogens is 1. The molecule has 1 aliphatic heterocycles. The number of hydrogen-bond acceptors (Lipinski definition) is 5. The minimum absolute atomic E-state index is 0.0708. The van der Waals surface area contributed by atoms with Gasteiger partial charge in [-0.15, -0.1) is 0 Å². The quantitative estimate of drug-likeness (QED) is 0.652. The molecule has 1 aromatic heterocycles. The number of likely N-dealkylation sites (N-methyl/N-ethyl adjacent to an activating group) is 1. The van der Waals surface area contributed by atoms with E-state index in [0.29, 0.717) is 31.4 Å². The number of rotatable bonds is 7. The maximum absolute atomic E-state index is 14.1. The van der Waals surface area contributed by atoms with Crippen molar-refractivity contribution in [3.8, 4) is 5.75 Å². The predicted molar refractivity (Wildman–Crippen MR) is 111 cm³/mol. The van der Waals surface area contributed by atoms with Crippen molar-refractivity contribution in [3.05, 3.63) is 61.8 Å². The van der Waals surface area contributed by atoms with E-state index in [-0.39, 0.29) is 34.4 Å². The number of nitrogens with zero attached hydrogens (tertiary/aromatic N) is 2. The fraction of sp³-hybridized carbons (Fsp3) is 0.381. The van der Waals surface area contributed by atoms with Crippen molar-refractivity contribution in [2.45, 2.75) is 32.4 Å². The van der Waals surface area contributed by atoms with Gasteiger partial charge in [0.1, 0.15) is 17.1 Å². The Bertz CT molecular complexity index is 1050. The van der Waals surface area contributed by atoms with Crippen molar-refractivity contribution < 1.29 is 19.1 Å². The summed E-state index contributed by atoms with van der Waals surface area (Å²) in [4.78, 5) is 39.2. The molecule has 3 rings (SSSR count). The van der Waals surface area contributed by atoms with Crippen LogP contribution in [0.4, 0.5) is 4.39 Å². The van der Waals surface area contributed by atoms with Crippen LogP contribution in [-0.2, 0) is 13.0 Å². The first-order valence-corrected chi connectivity index (χ1v) is 10.0. The molecule has 0 saturated heterocycles. The third kappa shape index (κ3) is 3.97. The zero-order valence-electron chi connectivity index (χ0n) is 16.7. The molecule has 1 atom stereocenters. The first-order valence-electron chi connectivity index (χ1n) is 9.65. The summed E-state index contributed by atoms with van der Waals surface area (Å²) < 4.78 is 15.7. The number of halogens is 2. The van der Waals surface area contributed by atoms with Crippen LogP contribution >= 0.6 is 11.6 Å². The highest BCUT2D eigenvalue weighted by molar-refractivity contribution is 6.30. The van der Waals surface area contributed by atoms with Crippen LogP contribution in [0.15, 0.2) is 23.0 Å². The van der Waals surface area contributed by atoms with Crippen LogP contribution in [0.5, 0.6) is 5.75 Å². The van der Waals surface area contributed by atoms with E-state index in [1.54, 1.807) is 10.6 Å². The van der Waals surface area contributed by atoms with Crippen molar-refractivity contribution in [2.75, 3.05) is 20.1 Å². The fourth-order valence-corrected chi connectivity index (χ4v) is 3.99. The number of pyridine rings is 1. The molecule has 1 amide bonds. The second kappa shape index (κ2) is 8.97. The lowest BCUT2D eigenvalue weighted by Crippen LogP contribution is -2.33. The van der Waals surface area contributed by atoms with Gasteiger partial charge >= 0.3 is 0 Å². The van der Waals surface area contributed by atoms with E-state index in [9.17, 15) is 23.9 Å². The average molecular weight is 436 g/mol. The Hall–Kier alpha value is -2.71. The highest BCUT2D eigenvalue weighted by Crippen LogP contribution is 2.32. The topological polar surface area (TPSA) is 91.6 Å². The highest BCUT2D eigenvalue weighted by atomic mass is 35.5. The number of hydrogen-bond donors (Lipinski definition) is 2. The van der Waals surface area contributed by atoms with Crippen LogP contribution in [0.2, 0.25) is 5.02 Å². The summed E-state index contributed by atoms with van der Waals surface area (Å²) in [6, 6.07) is 4.26. The Labute approximate surface area is 178 Å². The maximum atomic E-state index is 14.1. The summed E-state index contributed by atoms with van der Waals surface area (Å²) in [5.74, 6) is -2.14. The first-order chi connectivity index (χ1) is 14.3. The third-order valence-corrected chi connectivity index (χ3v) is 5.77. The van der Waals surface area contributed by atoms with Gasteiger partial charge in [0.05, 0.1) is 5.02 Å². The Morgan fingerprint density at radius 3 is 2.87 bits per heavy atom. The van der Waals surface area contributed by atoms with E-state index in [0.717, 1.165) is 6.54 Å². The number of carbonyl (C=O) groups is 2. The van der Waals surface area contributed by atoms with Gasteiger partial charge in [-0.25, -0.2) is 4.39 Å². The molecular weight excluding hydrogens is 413 g/mol. The molecule has 7 nitrogen and oxygen atoms in total. The van der Waals surface area contributed by atoms with E-state index < -0.39 is 22.9 Å². The zero-order chi connectivity index (χ0) is 22.0. The molecule has 0 bridgehead atoms. The van der Waals surface area contributed by atoms with E-state index >= 15 is 0 Å². The van der Waals surface area contributed by atoms with Crippen molar-refractivity contribution in [3.63, 3.8) is 0 Å². The number of nitrogens with one attached hydrogen (secondary N) is 1. The van der Waals surface area contributed by atoms with Crippen molar-refractivity contribution in [1.29, 1.82) is 0 Å². The van der Waals surface area contributed by atoms with Crippen LogP contribution < -0.4 is 10.7 Å². The molecule has 0 spiro atoms. The molecule has 1 unspecified atom stereocenters. The number of amides is 1. The minimum Gasteiger partial charge on any atom is -0.503 e. The number of aromatic hydroxyl groups is 1. The van der Waals surface area contributed by atoms with Crippen molar-refractivity contribution in [1.82, 2.24) is 14.8 Å². The molecule has 30 heavy (non-hydrogen) atoms. The van der Waals surface area contributed by atoms with Crippen LogP contribution in [0, 0.1) is 5.82 Å². The van der Waals surface area contributed by atoms with Crippen molar-refractivity contribution >= 4 is 23.8 Å². The van der Waals surface area contributed by atoms with Gasteiger partial charge in [0.2, 0.25) is 5.43 Å². The summed E-state index contributed by atoms with van der Waals surface area (Å²) in [5, 5.41) is 12.8. The normalized spacial score (nSPS) is 15.3. The Balaban J connectivity index is 1.98. The summed E-state index contributed by atoms with van der Waals surface area (Å²) in [5.41, 5.74) is -0.680. The number of benzene rings is 1. The summed E-state index contributed by atoms with van der Waals surface area (Å²) in [7, 11) is 1.92. The number of aldehydes is 1. The average Bonchev–Trinajstić information content (AvgIpc) is 3.12. The van der Waals surface area contributed by atoms with Gasteiger partial charge in [-0.3, -0.25) is 14.4 Å².